The SMILES string of the molecule is Cc1ccccc1-c1ccc(Cl)c(C(=O)N2CCC(C(=O)NCc3cn(-c4c(C)cccc4F)nn3)CC2)c1. The van der Waals surface area contributed by atoms with Gasteiger partial charge in [-0.05, 0) is 67.1 Å². The molecule has 0 unspecified atom stereocenters. The van der Waals surface area contributed by atoms with Gasteiger partial charge in [0.05, 0.1) is 23.3 Å². The number of aromatic nitrogens is 3. The van der Waals surface area contributed by atoms with Gasteiger partial charge >= 0.3 is 0 Å². The summed E-state index contributed by atoms with van der Waals surface area (Å²) in [5.41, 5.74) is 5.19. The van der Waals surface area contributed by atoms with Crippen LogP contribution in [0.4, 0.5) is 4.39 Å². The topological polar surface area (TPSA) is 80.1 Å². The van der Waals surface area contributed by atoms with Gasteiger partial charge < -0.3 is 10.2 Å². The highest BCUT2D eigenvalue weighted by Gasteiger charge is 2.29. The van der Waals surface area contributed by atoms with E-state index in [0.717, 1.165) is 22.3 Å². The zero-order chi connectivity index (χ0) is 27.5. The number of carbonyl (C=O) groups is 2. The predicted octanol–water partition coefficient (Wildman–Crippen LogP) is 5.51. The number of nitrogens with one attached hydrogen (secondary N) is 1. The maximum Gasteiger partial charge on any atom is 0.255 e. The van der Waals surface area contributed by atoms with E-state index in [2.05, 4.69) is 15.6 Å². The minimum Gasteiger partial charge on any atom is -0.350 e. The average Bonchev–Trinajstić information content (AvgIpc) is 3.40. The van der Waals surface area contributed by atoms with E-state index in [0.29, 0.717) is 47.9 Å². The maximum atomic E-state index is 14.2. The predicted molar refractivity (Wildman–Crippen MR) is 148 cm³/mol. The zero-order valence-electron chi connectivity index (χ0n) is 21.8. The second-order valence-electron chi connectivity index (χ2n) is 9.85. The molecule has 1 N–H and O–H groups in total. The number of likely N-dealkylation sites (tertiary alicyclic amines) is 1. The summed E-state index contributed by atoms with van der Waals surface area (Å²) in [4.78, 5) is 27.9. The quantitative estimate of drug-likeness (QED) is 0.346. The van der Waals surface area contributed by atoms with E-state index in [1.54, 1.807) is 36.2 Å². The van der Waals surface area contributed by atoms with Crippen LogP contribution in [0.3, 0.4) is 0 Å². The fraction of sp³-hybridized carbons (Fsp3) is 0.267. The van der Waals surface area contributed by atoms with Crippen LogP contribution < -0.4 is 5.32 Å². The number of para-hydroxylation sites is 1. The van der Waals surface area contributed by atoms with Crippen molar-refractivity contribution in [3.63, 3.8) is 0 Å². The third-order valence-corrected chi connectivity index (χ3v) is 7.54. The smallest absolute Gasteiger partial charge is 0.255 e. The Hall–Kier alpha value is -4.04. The molecule has 2 heterocycles. The Morgan fingerprint density at radius 1 is 1.03 bits per heavy atom. The van der Waals surface area contributed by atoms with Crippen molar-refractivity contribution in [2.45, 2.75) is 33.2 Å². The van der Waals surface area contributed by atoms with E-state index in [9.17, 15) is 14.0 Å². The van der Waals surface area contributed by atoms with Crippen LogP contribution in [-0.4, -0.2) is 44.8 Å². The molecule has 5 rings (SSSR count). The number of piperidine rings is 1. The van der Waals surface area contributed by atoms with Gasteiger partial charge in [-0.1, -0.05) is 59.3 Å². The van der Waals surface area contributed by atoms with Crippen LogP contribution >= 0.6 is 11.6 Å². The van der Waals surface area contributed by atoms with Crippen LogP contribution in [0.25, 0.3) is 16.8 Å². The van der Waals surface area contributed by atoms with Crippen molar-refractivity contribution in [2.24, 2.45) is 5.92 Å². The Morgan fingerprint density at radius 2 is 1.77 bits per heavy atom. The number of hydrogen-bond acceptors (Lipinski definition) is 4. The maximum absolute atomic E-state index is 14.2. The number of aryl methyl sites for hydroxylation is 2. The molecule has 9 heteroatoms. The molecule has 4 aromatic rings. The second kappa shape index (κ2) is 11.4. The van der Waals surface area contributed by atoms with Crippen molar-refractivity contribution in [1.29, 1.82) is 0 Å². The van der Waals surface area contributed by atoms with E-state index >= 15 is 0 Å². The molecule has 0 spiro atoms. The molecule has 0 atom stereocenters. The van der Waals surface area contributed by atoms with Gasteiger partial charge in [0, 0.05) is 19.0 Å². The van der Waals surface area contributed by atoms with Crippen LogP contribution in [0.15, 0.2) is 66.9 Å². The van der Waals surface area contributed by atoms with Crippen LogP contribution in [0.1, 0.15) is 40.0 Å². The molecule has 1 fully saturated rings. The van der Waals surface area contributed by atoms with Crippen LogP contribution in [0.2, 0.25) is 5.02 Å². The van der Waals surface area contributed by atoms with Crippen molar-refractivity contribution < 1.29 is 14.0 Å². The number of nitrogens with zero attached hydrogens (tertiary/aromatic N) is 4. The highest BCUT2D eigenvalue weighted by Crippen LogP contribution is 2.29. The Morgan fingerprint density at radius 3 is 2.51 bits per heavy atom. The lowest BCUT2D eigenvalue weighted by Crippen LogP contribution is -2.43. The first-order chi connectivity index (χ1) is 18.8. The first-order valence-electron chi connectivity index (χ1n) is 12.9. The van der Waals surface area contributed by atoms with Crippen molar-refractivity contribution in [2.75, 3.05) is 13.1 Å². The molecule has 3 aromatic carbocycles. The standard InChI is InChI=1S/C30H29ClFN5O2/c1-19-6-3-4-8-24(19)22-10-11-26(31)25(16-22)30(39)36-14-12-21(13-15-36)29(38)33-17-23-18-37(35-34-23)28-20(2)7-5-9-27(28)32/h3-11,16,18,21H,12-15,17H2,1-2H3,(H,33,38). The van der Waals surface area contributed by atoms with Gasteiger partial charge in [-0.2, -0.15) is 0 Å². The number of rotatable bonds is 6. The summed E-state index contributed by atoms with van der Waals surface area (Å²) in [6, 6.07) is 18.4. The first-order valence-corrected chi connectivity index (χ1v) is 13.3. The molecule has 0 radical (unpaired) electrons. The molecular weight excluding hydrogens is 517 g/mol. The van der Waals surface area contributed by atoms with Crippen LogP contribution in [0, 0.1) is 25.6 Å². The molecule has 7 nitrogen and oxygen atoms in total. The summed E-state index contributed by atoms with van der Waals surface area (Å²) in [5, 5.41) is 11.4. The zero-order valence-corrected chi connectivity index (χ0v) is 22.6. The lowest BCUT2D eigenvalue weighted by atomic mass is 9.94. The van der Waals surface area contributed by atoms with Gasteiger partial charge in [0.2, 0.25) is 5.91 Å². The molecule has 1 aliphatic rings. The number of hydrogen-bond donors (Lipinski definition) is 1. The van der Waals surface area contributed by atoms with Crippen molar-refractivity contribution in [1.82, 2.24) is 25.2 Å². The number of carbonyl (C=O) groups excluding carboxylic acids is 2. The normalized spacial score (nSPS) is 13.9. The Kier molecular flexibility index (Phi) is 7.74. The molecule has 1 aromatic heterocycles. The van der Waals surface area contributed by atoms with Gasteiger partial charge in [-0.15, -0.1) is 5.10 Å². The molecule has 1 saturated heterocycles. The van der Waals surface area contributed by atoms with E-state index in [1.165, 1.54) is 10.7 Å². The Bertz CT molecular complexity index is 1510. The summed E-state index contributed by atoms with van der Waals surface area (Å²) in [5.74, 6) is -0.834. The fourth-order valence-electron chi connectivity index (χ4n) is 4.99. The monoisotopic (exact) mass is 545 g/mol. The average molecular weight is 546 g/mol. The Balaban J connectivity index is 1.17. The summed E-state index contributed by atoms with van der Waals surface area (Å²) in [7, 11) is 0. The van der Waals surface area contributed by atoms with Gasteiger partial charge in [-0.25, -0.2) is 9.07 Å². The molecule has 0 bridgehead atoms. The van der Waals surface area contributed by atoms with Crippen molar-refractivity contribution in [3.05, 3.63) is 100 Å². The molecular formula is C30H29ClFN5O2. The van der Waals surface area contributed by atoms with Gasteiger partial charge in [0.15, 0.2) is 0 Å². The minimum absolute atomic E-state index is 0.0988. The lowest BCUT2D eigenvalue weighted by Gasteiger charge is -2.31. The molecule has 0 saturated carbocycles. The highest BCUT2D eigenvalue weighted by molar-refractivity contribution is 6.34. The van der Waals surface area contributed by atoms with Gasteiger partial charge in [-0.3, -0.25) is 9.59 Å². The summed E-state index contributed by atoms with van der Waals surface area (Å²) in [6.45, 7) is 4.95. The third kappa shape index (κ3) is 5.71. The largest absolute Gasteiger partial charge is 0.350 e. The van der Waals surface area contributed by atoms with Gasteiger partial charge in [0.1, 0.15) is 17.2 Å². The molecule has 2 amide bonds. The van der Waals surface area contributed by atoms with Crippen molar-refractivity contribution in [3.8, 4) is 16.8 Å². The van der Waals surface area contributed by atoms with E-state index in [-0.39, 0.29) is 30.1 Å². The van der Waals surface area contributed by atoms with Crippen LogP contribution in [-0.2, 0) is 11.3 Å². The van der Waals surface area contributed by atoms with E-state index in [1.807, 2.05) is 43.3 Å². The van der Waals surface area contributed by atoms with Crippen LogP contribution in [0.5, 0.6) is 0 Å². The summed E-state index contributed by atoms with van der Waals surface area (Å²) < 4.78 is 15.6. The molecule has 39 heavy (non-hydrogen) atoms. The van der Waals surface area contributed by atoms with Gasteiger partial charge in [0.25, 0.3) is 5.91 Å². The lowest BCUT2D eigenvalue weighted by molar-refractivity contribution is -0.126. The third-order valence-electron chi connectivity index (χ3n) is 7.21. The van der Waals surface area contributed by atoms with E-state index in [4.69, 9.17) is 11.6 Å². The summed E-state index contributed by atoms with van der Waals surface area (Å²) >= 11 is 6.43. The van der Waals surface area contributed by atoms with Crippen molar-refractivity contribution >= 4 is 23.4 Å². The van der Waals surface area contributed by atoms with E-state index < -0.39 is 0 Å². The molecule has 1 aliphatic heterocycles. The number of halogens is 2. The highest BCUT2D eigenvalue weighted by atomic mass is 35.5. The number of amides is 2. The first kappa shape index (κ1) is 26.6. The molecule has 200 valence electrons. The fourth-order valence-corrected chi connectivity index (χ4v) is 5.19. The summed E-state index contributed by atoms with van der Waals surface area (Å²) in [6.07, 6.45) is 2.71. The second-order valence-corrected chi connectivity index (χ2v) is 10.3. The molecule has 0 aliphatic carbocycles. The minimum atomic E-state index is -0.389. The number of benzene rings is 3. The Labute approximate surface area is 231 Å².